The summed E-state index contributed by atoms with van der Waals surface area (Å²) in [5.41, 5.74) is 11.6. The Balaban J connectivity index is 0.977. The number of rotatable bonds is 16. The first-order chi connectivity index (χ1) is 35.5. The first-order valence-electron chi connectivity index (χ1n) is 22.9. The maximum atomic E-state index is 11.3. The van der Waals surface area contributed by atoms with Gasteiger partial charge in [-0.2, -0.15) is 5.26 Å². The second kappa shape index (κ2) is 22.6. The van der Waals surface area contributed by atoms with E-state index in [1.165, 1.54) is 51.5 Å². The Kier molecular flexibility index (Phi) is 15.3. The van der Waals surface area contributed by atoms with Crippen molar-refractivity contribution in [3.05, 3.63) is 251 Å². The number of carboxylic acid groups (broad SMARTS) is 2. The first kappa shape index (κ1) is 49.3. The van der Waals surface area contributed by atoms with E-state index in [0.717, 1.165) is 79.0 Å². The molecule has 7 nitrogen and oxygen atoms in total. The number of thiophene rings is 4. The van der Waals surface area contributed by atoms with Crippen molar-refractivity contribution < 1.29 is 19.8 Å². The van der Waals surface area contributed by atoms with Crippen molar-refractivity contribution in [2.45, 2.75) is 13.8 Å². The van der Waals surface area contributed by atoms with Gasteiger partial charge < -0.3 is 15.1 Å². The molecule has 2 N–H and O–H groups in total. The van der Waals surface area contributed by atoms with Crippen molar-refractivity contribution in [3.63, 3.8) is 0 Å². The van der Waals surface area contributed by atoms with Crippen LogP contribution in [0.4, 0.5) is 17.1 Å². The fourth-order valence-corrected chi connectivity index (χ4v) is 11.8. The molecule has 4 heterocycles. The van der Waals surface area contributed by atoms with Crippen LogP contribution in [0.1, 0.15) is 58.5 Å². The third-order valence-electron chi connectivity index (χ3n) is 11.8. The molecule has 4 aromatic heterocycles. The van der Waals surface area contributed by atoms with Crippen molar-refractivity contribution in [2.24, 2.45) is 0 Å². The lowest BCUT2D eigenvalue weighted by Gasteiger charge is -2.26. The lowest BCUT2D eigenvalue weighted by Crippen LogP contribution is -2.09. The molecule has 354 valence electrons. The van der Waals surface area contributed by atoms with Gasteiger partial charge in [0.05, 0.1) is 6.57 Å². The van der Waals surface area contributed by atoms with Crippen molar-refractivity contribution in [1.29, 1.82) is 5.26 Å². The number of aliphatic carboxylic acids is 2. The number of carbonyl (C=O) groups is 2. The Morgan fingerprint density at radius 3 is 1.42 bits per heavy atom. The second-order valence-electron chi connectivity index (χ2n) is 16.7. The van der Waals surface area contributed by atoms with Gasteiger partial charge in [0.15, 0.2) is 0 Å². The summed E-state index contributed by atoms with van der Waals surface area (Å²) >= 11 is 6.19. The SMILES string of the molecule is [C-]#[N+]C(=Cc1ccc(-c2ccc(C=Cc3ccc(N(c4ccc(C=Cc5ccc(-c6ccc(C=C(C#N)C(=O)O)s6)s5)cc4)c4ccc(C=C(c5ccccc5)c5ccc(C)c(C)c5)cc4)cc3)s2)s1)C(=O)O. The number of anilines is 3. The smallest absolute Gasteiger partial charge is 0.346 e. The topological polar surface area (TPSA) is 106 Å². The highest BCUT2D eigenvalue weighted by Crippen LogP contribution is 2.39. The molecule has 0 aliphatic heterocycles. The molecule has 0 aliphatic rings. The van der Waals surface area contributed by atoms with Gasteiger partial charge >= 0.3 is 11.9 Å². The van der Waals surface area contributed by atoms with Crippen LogP contribution in [0.5, 0.6) is 0 Å². The van der Waals surface area contributed by atoms with Gasteiger partial charge in [-0.05, 0) is 174 Å². The summed E-state index contributed by atoms with van der Waals surface area (Å²) in [5, 5.41) is 27.7. The van der Waals surface area contributed by atoms with E-state index in [2.05, 4.69) is 193 Å². The van der Waals surface area contributed by atoms with Crippen molar-refractivity contribution in [2.75, 3.05) is 4.90 Å². The molecule has 0 radical (unpaired) electrons. The van der Waals surface area contributed by atoms with Gasteiger partial charge in [-0.1, -0.05) is 97.1 Å². The first-order valence-corrected chi connectivity index (χ1v) is 26.2. The van der Waals surface area contributed by atoms with Gasteiger partial charge in [0.2, 0.25) is 0 Å². The van der Waals surface area contributed by atoms with Crippen LogP contribution in [-0.4, -0.2) is 22.2 Å². The van der Waals surface area contributed by atoms with Gasteiger partial charge in [0.25, 0.3) is 5.70 Å². The van der Waals surface area contributed by atoms with Gasteiger partial charge in [-0.15, -0.1) is 45.3 Å². The standard InChI is InChI=1S/C62H43N3O4S4/c1-40-9-18-46(35-41(40)2)55(45-7-5-4-6-8-45)36-44-14-23-50(24-15-44)65(48-19-10-42(11-20-48)16-25-51-27-31-57(70-51)59-33-29-53(72-59)37-47(39-63)61(66)67)49-21-12-43(13-22-49)17-26-52-28-32-58(71-52)60-34-30-54(73-60)38-56(64-3)62(68)69/h4-38H,1-2H3,(H,66,67)(H,68,69). The Labute approximate surface area is 440 Å². The average molecular weight is 1020 g/mol. The number of nitrogens with zero attached hydrogens (tertiary/aromatic N) is 3. The Hall–Kier alpha value is -8.68. The zero-order valence-electron chi connectivity index (χ0n) is 39.4. The van der Waals surface area contributed by atoms with Crippen LogP contribution in [0.25, 0.3) is 72.5 Å². The van der Waals surface area contributed by atoms with E-state index >= 15 is 0 Å². The highest BCUT2D eigenvalue weighted by Gasteiger charge is 2.15. The monoisotopic (exact) mass is 1020 g/mol. The zero-order valence-corrected chi connectivity index (χ0v) is 42.7. The molecule has 0 amide bonds. The lowest BCUT2D eigenvalue weighted by atomic mass is 9.93. The van der Waals surface area contributed by atoms with Crippen LogP contribution in [0.15, 0.2) is 181 Å². The number of nitriles is 1. The molecule has 9 rings (SSSR count). The summed E-state index contributed by atoms with van der Waals surface area (Å²) < 4.78 is 0. The Bertz CT molecular complexity index is 3550. The van der Waals surface area contributed by atoms with Crippen molar-refractivity contribution in [3.8, 4) is 25.6 Å². The highest BCUT2D eigenvalue weighted by atomic mass is 32.1. The van der Waals surface area contributed by atoms with Crippen molar-refractivity contribution >= 4 is 122 Å². The summed E-state index contributed by atoms with van der Waals surface area (Å²) in [6.07, 6.45) is 13.5. The number of aryl methyl sites for hydroxylation is 2. The van der Waals surface area contributed by atoms with Gasteiger partial charge in [0.1, 0.15) is 11.6 Å². The quantitative estimate of drug-likeness (QED) is 0.0432. The number of hydrogen-bond donors (Lipinski definition) is 2. The fourth-order valence-electron chi connectivity index (χ4n) is 7.86. The molecule has 5 aromatic carbocycles. The normalized spacial score (nSPS) is 12.0. The predicted molar refractivity (Wildman–Crippen MR) is 307 cm³/mol. The van der Waals surface area contributed by atoms with E-state index in [9.17, 15) is 25.1 Å². The molecule has 0 unspecified atom stereocenters. The van der Waals surface area contributed by atoms with Crippen LogP contribution in [0.3, 0.4) is 0 Å². The van der Waals surface area contributed by atoms with Crippen molar-refractivity contribution in [1.82, 2.24) is 0 Å². The second-order valence-corrected chi connectivity index (χ2v) is 21.2. The number of benzene rings is 5. The fraction of sp³-hybridized carbons (Fsp3) is 0.0323. The Morgan fingerprint density at radius 2 is 0.973 bits per heavy atom. The average Bonchev–Trinajstić information content (AvgIpc) is 4.26. The van der Waals surface area contributed by atoms with E-state index in [4.69, 9.17) is 6.57 Å². The van der Waals surface area contributed by atoms with E-state index in [-0.39, 0.29) is 11.3 Å². The molecule has 0 bridgehead atoms. The van der Waals surface area contributed by atoms with Crippen LogP contribution < -0.4 is 4.90 Å². The molecule has 0 saturated carbocycles. The molecule has 0 spiro atoms. The maximum Gasteiger partial charge on any atom is 0.346 e. The van der Waals surface area contributed by atoms with E-state index in [0.29, 0.717) is 4.88 Å². The molecule has 9 aromatic rings. The summed E-state index contributed by atoms with van der Waals surface area (Å²) in [6.45, 7) is 11.5. The van der Waals surface area contributed by atoms with Gasteiger partial charge in [0, 0.05) is 56.1 Å². The maximum absolute atomic E-state index is 11.3. The Morgan fingerprint density at radius 1 is 0.507 bits per heavy atom. The van der Waals surface area contributed by atoms with E-state index < -0.39 is 11.9 Å². The zero-order chi connectivity index (χ0) is 50.8. The van der Waals surface area contributed by atoms with E-state index in [1.807, 2.05) is 30.3 Å². The number of carboxylic acids is 2. The minimum Gasteiger partial charge on any atom is -0.486 e. The van der Waals surface area contributed by atoms with E-state index in [1.54, 1.807) is 28.7 Å². The molecule has 0 aliphatic carbocycles. The van der Waals surface area contributed by atoms with Crippen LogP contribution in [0, 0.1) is 31.8 Å². The summed E-state index contributed by atoms with van der Waals surface area (Å²) in [7, 11) is 0. The third kappa shape index (κ3) is 12.1. The van der Waals surface area contributed by atoms with Gasteiger partial charge in [-0.3, -0.25) is 4.79 Å². The predicted octanol–water partition coefficient (Wildman–Crippen LogP) is 17.6. The highest BCUT2D eigenvalue weighted by molar-refractivity contribution is 7.23. The molecule has 0 fully saturated rings. The molecule has 0 atom stereocenters. The molecular formula is C62H43N3O4S4. The summed E-state index contributed by atoms with van der Waals surface area (Å²) in [5.74, 6) is -2.47. The third-order valence-corrected chi connectivity index (χ3v) is 16.4. The summed E-state index contributed by atoms with van der Waals surface area (Å²) in [4.78, 5) is 35.8. The van der Waals surface area contributed by atoms with Crippen LogP contribution in [-0.2, 0) is 9.59 Å². The number of hydrogen-bond acceptors (Lipinski definition) is 8. The minimum atomic E-state index is -1.24. The van der Waals surface area contributed by atoms with Crippen LogP contribution in [0.2, 0.25) is 0 Å². The largest absolute Gasteiger partial charge is 0.486 e. The molecule has 73 heavy (non-hydrogen) atoms. The molecule has 11 heteroatoms. The lowest BCUT2D eigenvalue weighted by molar-refractivity contribution is -0.133. The van der Waals surface area contributed by atoms with Crippen LogP contribution >= 0.6 is 45.3 Å². The molecular weight excluding hydrogens is 979 g/mol. The molecule has 0 saturated heterocycles. The summed E-state index contributed by atoms with van der Waals surface area (Å²) in [6, 6.07) is 60.5. The minimum absolute atomic E-state index is 0.293. The van der Waals surface area contributed by atoms with Gasteiger partial charge in [-0.25, -0.2) is 9.64 Å².